The van der Waals surface area contributed by atoms with Crippen molar-refractivity contribution < 1.29 is 27.1 Å². The maximum absolute atomic E-state index is 13.8. The number of carbonyl (C=O) groups excluding carboxylic acids is 1. The number of hydrogen-bond donors (Lipinski definition) is 2. The maximum atomic E-state index is 13.8. The summed E-state index contributed by atoms with van der Waals surface area (Å²) in [7, 11) is -1.15. The molecule has 0 spiro atoms. The highest BCUT2D eigenvalue weighted by atomic mass is 32.2. The number of carbonyl (C=O) groups is 1. The Bertz CT molecular complexity index is 1310. The number of anilines is 2. The van der Waals surface area contributed by atoms with Gasteiger partial charge in [-0.25, -0.2) is 12.8 Å². The first-order chi connectivity index (χ1) is 16.3. The molecule has 9 heteroatoms. The standard InChI is InChI=1S/C25H25FN2O5S/c1-32-21-10-7-19(8-11-21)28-34(30,31)23-16-20(9-12-22(23)33-2)27-24(29)25(13-4-14-25)17-5-3-6-18(26)15-17/h3,5-12,15-16,28H,4,13-14H2,1-2H3,(H,27,29). The smallest absolute Gasteiger partial charge is 0.265 e. The van der Waals surface area contributed by atoms with E-state index in [0.29, 0.717) is 35.5 Å². The van der Waals surface area contributed by atoms with Gasteiger partial charge in [0, 0.05) is 11.4 Å². The molecule has 0 heterocycles. The van der Waals surface area contributed by atoms with E-state index in [1.165, 1.54) is 38.5 Å². The fraction of sp³-hybridized carbons (Fsp3) is 0.240. The normalized spacial score (nSPS) is 14.6. The largest absolute Gasteiger partial charge is 0.497 e. The lowest BCUT2D eigenvalue weighted by Gasteiger charge is -2.40. The quantitative estimate of drug-likeness (QED) is 0.483. The summed E-state index contributed by atoms with van der Waals surface area (Å²) in [5, 5.41) is 2.82. The van der Waals surface area contributed by atoms with E-state index in [-0.39, 0.29) is 16.6 Å². The molecule has 1 saturated carbocycles. The van der Waals surface area contributed by atoms with Crippen LogP contribution in [0.2, 0.25) is 0 Å². The minimum Gasteiger partial charge on any atom is -0.497 e. The van der Waals surface area contributed by atoms with Gasteiger partial charge < -0.3 is 14.8 Å². The van der Waals surface area contributed by atoms with E-state index in [1.807, 2.05) is 0 Å². The van der Waals surface area contributed by atoms with Crippen LogP contribution in [-0.4, -0.2) is 28.5 Å². The predicted octanol–water partition coefficient (Wildman–Crippen LogP) is 4.70. The predicted molar refractivity (Wildman–Crippen MR) is 127 cm³/mol. The van der Waals surface area contributed by atoms with Gasteiger partial charge in [-0.15, -0.1) is 0 Å². The molecule has 0 aliphatic heterocycles. The van der Waals surface area contributed by atoms with Crippen molar-refractivity contribution in [2.75, 3.05) is 24.3 Å². The Hall–Kier alpha value is -3.59. The van der Waals surface area contributed by atoms with E-state index in [2.05, 4.69) is 10.0 Å². The van der Waals surface area contributed by atoms with Gasteiger partial charge in [0.25, 0.3) is 10.0 Å². The topological polar surface area (TPSA) is 93.7 Å². The van der Waals surface area contributed by atoms with Gasteiger partial charge >= 0.3 is 0 Å². The molecular formula is C25H25FN2O5S. The Morgan fingerprint density at radius 1 is 0.941 bits per heavy atom. The van der Waals surface area contributed by atoms with Crippen molar-refractivity contribution in [1.29, 1.82) is 0 Å². The molecule has 4 rings (SSSR count). The van der Waals surface area contributed by atoms with Crippen molar-refractivity contribution in [3.63, 3.8) is 0 Å². The minimum absolute atomic E-state index is 0.127. The summed E-state index contributed by atoms with van der Waals surface area (Å²) in [5.41, 5.74) is 0.404. The van der Waals surface area contributed by atoms with Gasteiger partial charge in [0.1, 0.15) is 22.2 Å². The zero-order chi connectivity index (χ0) is 24.3. The molecule has 1 aliphatic carbocycles. The maximum Gasteiger partial charge on any atom is 0.265 e. The van der Waals surface area contributed by atoms with E-state index in [4.69, 9.17) is 9.47 Å². The Labute approximate surface area is 198 Å². The third kappa shape index (κ3) is 4.56. The van der Waals surface area contributed by atoms with E-state index < -0.39 is 21.3 Å². The third-order valence-corrected chi connectivity index (χ3v) is 7.47. The molecule has 0 unspecified atom stereocenters. The molecule has 0 radical (unpaired) electrons. The number of nitrogens with one attached hydrogen (secondary N) is 2. The van der Waals surface area contributed by atoms with Crippen molar-refractivity contribution >= 4 is 27.3 Å². The number of hydrogen-bond acceptors (Lipinski definition) is 5. The first kappa shape index (κ1) is 23.6. The highest BCUT2D eigenvalue weighted by molar-refractivity contribution is 7.92. The Kier molecular flexibility index (Phi) is 6.47. The third-order valence-electron chi connectivity index (χ3n) is 6.07. The van der Waals surface area contributed by atoms with Gasteiger partial charge in [-0.3, -0.25) is 9.52 Å². The van der Waals surface area contributed by atoms with Crippen molar-refractivity contribution in [3.05, 3.63) is 78.1 Å². The van der Waals surface area contributed by atoms with Crippen LogP contribution in [0, 0.1) is 5.82 Å². The van der Waals surface area contributed by atoms with Crippen LogP contribution in [-0.2, 0) is 20.2 Å². The van der Waals surface area contributed by atoms with Crippen LogP contribution in [0.3, 0.4) is 0 Å². The summed E-state index contributed by atoms with van der Waals surface area (Å²) < 4.78 is 52.9. The van der Waals surface area contributed by atoms with Crippen LogP contribution < -0.4 is 19.5 Å². The second kappa shape index (κ2) is 9.34. The Balaban J connectivity index is 1.61. The fourth-order valence-corrected chi connectivity index (χ4v) is 5.30. The fourth-order valence-electron chi connectivity index (χ4n) is 4.05. The number of halogens is 1. The van der Waals surface area contributed by atoms with Gasteiger partial charge in [0.05, 0.1) is 19.6 Å². The van der Waals surface area contributed by atoms with Crippen molar-refractivity contribution in [3.8, 4) is 11.5 Å². The summed E-state index contributed by atoms with van der Waals surface area (Å²) in [6.07, 6.45) is 2.02. The lowest BCUT2D eigenvalue weighted by Crippen LogP contribution is -2.46. The SMILES string of the molecule is COc1ccc(NS(=O)(=O)c2cc(NC(=O)C3(c4cccc(F)c4)CCC3)ccc2OC)cc1. The molecule has 1 fully saturated rings. The van der Waals surface area contributed by atoms with E-state index in [1.54, 1.807) is 42.5 Å². The number of benzene rings is 3. The number of amides is 1. The molecular weight excluding hydrogens is 459 g/mol. The number of rotatable bonds is 8. The highest BCUT2D eigenvalue weighted by Crippen LogP contribution is 2.45. The average Bonchev–Trinajstić information content (AvgIpc) is 2.78. The Morgan fingerprint density at radius 3 is 2.24 bits per heavy atom. The Morgan fingerprint density at radius 2 is 1.65 bits per heavy atom. The summed E-state index contributed by atoms with van der Waals surface area (Å²) in [6.45, 7) is 0. The molecule has 7 nitrogen and oxygen atoms in total. The van der Waals surface area contributed by atoms with E-state index in [0.717, 1.165) is 6.42 Å². The van der Waals surface area contributed by atoms with Crippen LogP contribution in [0.4, 0.5) is 15.8 Å². The van der Waals surface area contributed by atoms with Crippen LogP contribution in [0.25, 0.3) is 0 Å². The van der Waals surface area contributed by atoms with Crippen LogP contribution in [0.1, 0.15) is 24.8 Å². The summed E-state index contributed by atoms with van der Waals surface area (Å²) in [5.74, 6) is 0.0101. The molecule has 3 aromatic carbocycles. The zero-order valence-corrected chi connectivity index (χ0v) is 19.6. The average molecular weight is 485 g/mol. The number of sulfonamides is 1. The molecule has 1 amide bonds. The molecule has 0 atom stereocenters. The summed E-state index contributed by atoms with van der Waals surface area (Å²) in [6, 6.07) is 16.9. The molecule has 2 N–H and O–H groups in total. The summed E-state index contributed by atoms with van der Waals surface area (Å²) in [4.78, 5) is 13.1. The second-order valence-corrected chi connectivity index (χ2v) is 9.75. The van der Waals surface area contributed by atoms with Crippen molar-refractivity contribution in [1.82, 2.24) is 0 Å². The van der Waals surface area contributed by atoms with Gasteiger partial charge in [0.15, 0.2) is 0 Å². The molecule has 34 heavy (non-hydrogen) atoms. The first-order valence-corrected chi connectivity index (χ1v) is 12.2. The molecule has 0 aromatic heterocycles. The number of ether oxygens (including phenoxy) is 2. The zero-order valence-electron chi connectivity index (χ0n) is 18.8. The minimum atomic E-state index is -4.04. The van der Waals surface area contributed by atoms with Crippen LogP contribution in [0.5, 0.6) is 11.5 Å². The first-order valence-electron chi connectivity index (χ1n) is 10.7. The summed E-state index contributed by atoms with van der Waals surface area (Å²) >= 11 is 0. The second-order valence-electron chi connectivity index (χ2n) is 8.10. The van der Waals surface area contributed by atoms with Gasteiger partial charge in [-0.1, -0.05) is 18.6 Å². The van der Waals surface area contributed by atoms with E-state index in [9.17, 15) is 17.6 Å². The lowest BCUT2D eigenvalue weighted by atomic mass is 9.63. The molecule has 0 bridgehead atoms. The molecule has 178 valence electrons. The number of methoxy groups -OCH3 is 2. The molecule has 3 aromatic rings. The molecule has 1 aliphatic rings. The van der Waals surface area contributed by atoms with Crippen LogP contribution >= 0.6 is 0 Å². The monoisotopic (exact) mass is 484 g/mol. The van der Waals surface area contributed by atoms with Crippen molar-refractivity contribution in [2.45, 2.75) is 29.6 Å². The lowest BCUT2D eigenvalue weighted by molar-refractivity contribution is -0.124. The van der Waals surface area contributed by atoms with E-state index >= 15 is 0 Å². The molecule has 0 saturated heterocycles. The van der Waals surface area contributed by atoms with Gasteiger partial charge in [0.2, 0.25) is 5.91 Å². The van der Waals surface area contributed by atoms with Crippen LogP contribution in [0.15, 0.2) is 71.6 Å². The van der Waals surface area contributed by atoms with Gasteiger partial charge in [-0.2, -0.15) is 0 Å². The van der Waals surface area contributed by atoms with Gasteiger partial charge in [-0.05, 0) is 73.0 Å². The van der Waals surface area contributed by atoms with Crippen molar-refractivity contribution in [2.24, 2.45) is 0 Å². The highest BCUT2D eigenvalue weighted by Gasteiger charge is 2.45.